The van der Waals surface area contributed by atoms with Gasteiger partial charge < -0.3 is 19.9 Å². The molecule has 2 aliphatic rings. The van der Waals surface area contributed by atoms with E-state index in [4.69, 9.17) is 15.0 Å². The summed E-state index contributed by atoms with van der Waals surface area (Å²) < 4.78 is 12.3. The van der Waals surface area contributed by atoms with Gasteiger partial charge in [-0.2, -0.15) is 0 Å². The van der Waals surface area contributed by atoms with Crippen molar-refractivity contribution in [3.8, 4) is 0 Å². The van der Waals surface area contributed by atoms with Crippen molar-refractivity contribution in [2.24, 2.45) is 5.73 Å². The third-order valence-corrected chi connectivity index (χ3v) is 5.30. The Kier molecular flexibility index (Phi) is 4.00. The minimum Gasteiger partial charge on any atom is -0.399 e. The standard InChI is InChI=1S/C17H27BN2O2/c1-16(2)17(3,4)22-18(21-16)13-6-5-7-15(12-13)20-10-8-14(19)9-11-20/h5-7,12,14H,8-11,19H2,1-4H3. The normalized spacial score (nSPS) is 24.8. The van der Waals surface area contributed by atoms with Crippen LogP contribution in [-0.2, 0) is 9.31 Å². The van der Waals surface area contributed by atoms with Crippen molar-refractivity contribution >= 4 is 18.3 Å². The van der Waals surface area contributed by atoms with Crippen molar-refractivity contribution in [3.63, 3.8) is 0 Å². The van der Waals surface area contributed by atoms with E-state index in [1.165, 1.54) is 5.69 Å². The fourth-order valence-electron chi connectivity index (χ4n) is 3.00. The molecule has 0 saturated carbocycles. The molecular weight excluding hydrogens is 275 g/mol. The van der Waals surface area contributed by atoms with E-state index in [0.717, 1.165) is 31.4 Å². The van der Waals surface area contributed by atoms with E-state index < -0.39 is 0 Å². The molecule has 2 saturated heterocycles. The third kappa shape index (κ3) is 2.90. The molecule has 4 nitrogen and oxygen atoms in total. The van der Waals surface area contributed by atoms with Crippen molar-refractivity contribution in [2.75, 3.05) is 18.0 Å². The minimum atomic E-state index is -0.300. The number of hydrogen-bond acceptors (Lipinski definition) is 4. The summed E-state index contributed by atoms with van der Waals surface area (Å²) in [6.45, 7) is 10.4. The zero-order valence-corrected chi connectivity index (χ0v) is 14.1. The first kappa shape index (κ1) is 15.8. The lowest BCUT2D eigenvalue weighted by molar-refractivity contribution is 0.00578. The molecule has 0 bridgehead atoms. The maximum atomic E-state index is 6.15. The summed E-state index contributed by atoms with van der Waals surface area (Å²) in [5, 5.41) is 0. The molecule has 0 aliphatic carbocycles. The van der Waals surface area contributed by atoms with Crippen LogP contribution in [0.2, 0.25) is 0 Å². The van der Waals surface area contributed by atoms with Crippen LogP contribution in [0.5, 0.6) is 0 Å². The Hall–Kier alpha value is -1.04. The van der Waals surface area contributed by atoms with E-state index in [2.05, 4.69) is 56.9 Å². The molecule has 0 spiro atoms. The first-order valence-corrected chi connectivity index (χ1v) is 8.25. The van der Waals surface area contributed by atoms with Gasteiger partial charge in [-0.3, -0.25) is 0 Å². The molecular formula is C17H27BN2O2. The number of rotatable bonds is 2. The van der Waals surface area contributed by atoms with Gasteiger partial charge in [0.25, 0.3) is 0 Å². The van der Waals surface area contributed by atoms with Gasteiger partial charge in [0.05, 0.1) is 11.2 Å². The second-order valence-corrected chi connectivity index (χ2v) is 7.51. The highest BCUT2D eigenvalue weighted by Gasteiger charge is 2.51. The van der Waals surface area contributed by atoms with E-state index in [1.54, 1.807) is 0 Å². The smallest absolute Gasteiger partial charge is 0.399 e. The summed E-state index contributed by atoms with van der Waals surface area (Å²) in [6, 6.07) is 8.87. The summed E-state index contributed by atoms with van der Waals surface area (Å²) in [5.41, 5.74) is 7.72. The van der Waals surface area contributed by atoms with E-state index in [1.807, 2.05) is 0 Å². The molecule has 0 atom stereocenters. The lowest BCUT2D eigenvalue weighted by atomic mass is 9.79. The molecule has 0 radical (unpaired) electrons. The number of nitrogens with two attached hydrogens (primary N) is 1. The van der Waals surface area contributed by atoms with Crippen LogP contribution in [0.1, 0.15) is 40.5 Å². The summed E-state index contributed by atoms with van der Waals surface area (Å²) in [7, 11) is -0.294. The van der Waals surface area contributed by atoms with Gasteiger partial charge in [-0.25, -0.2) is 0 Å². The van der Waals surface area contributed by atoms with E-state index >= 15 is 0 Å². The fourth-order valence-corrected chi connectivity index (χ4v) is 3.00. The van der Waals surface area contributed by atoms with Crippen molar-refractivity contribution in [3.05, 3.63) is 24.3 Å². The lowest BCUT2D eigenvalue weighted by Gasteiger charge is -2.32. The van der Waals surface area contributed by atoms with Crippen molar-refractivity contribution in [1.82, 2.24) is 0 Å². The molecule has 0 amide bonds. The first-order valence-electron chi connectivity index (χ1n) is 8.25. The maximum Gasteiger partial charge on any atom is 0.494 e. The van der Waals surface area contributed by atoms with Crippen LogP contribution in [0.4, 0.5) is 5.69 Å². The lowest BCUT2D eigenvalue weighted by Crippen LogP contribution is -2.41. The van der Waals surface area contributed by atoms with Gasteiger partial charge in [0.15, 0.2) is 0 Å². The van der Waals surface area contributed by atoms with Crippen LogP contribution >= 0.6 is 0 Å². The van der Waals surface area contributed by atoms with Gasteiger partial charge in [0.2, 0.25) is 0 Å². The zero-order valence-electron chi connectivity index (χ0n) is 14.1. The molecule has 2 heterocycles. The Morgan fingerprint density at radius 1 is 1.09 bits per heavy atom. The highest BCUT2D eigenvalue weighted by atomic mass is 16.7. The maximum absolute atomic E-state index is 6.15. The largest absolute Gasteiger partial charge is 0.494 e. The Morgan fingerprint density at radius 3 is 2.27 bits per heavy atom. The molecule has 2 fully saturated rings. The predicted octanol–water partition coefficient (Wildman–Crippen LogP) is 1.91. The van der Waals surface area contributed by atoms with Gasteiger partial charge in [-0.05, 0) is 58.1 Å². The molecule has 22 heavy (non-hydrogen) atoms. The average molecular weight is 302 g/mol. The molecule has 0 aromatic heterocycles. The molecule has 1 aromatic rings. The summed E-state index contributed by atoms with van der Waals surface area (Å²) in [5.74, 6) is 0. The molecule has 5 heteroatoms. The van der Waals surface area contributed by atoms with Crippen molar-refractivity contribution in [2.45, 2.75) is 57.8 Å². The predicted molar refractivity (Wildman–Crippen MR) is 91.6 cm³/mol. The highest BCUT2D eigenvalue weighted by Crippen LogP contribution is 2.36. The summed E-state index contributed by atoms with van der Waals surface area (Å²) in [6.07, 6.45) is 2.11. The van der Waals surface area contributed by atoms with Gasteiger partial charge in [-0.15, -0.1) is 0 Å². The van der Waals surface area contributed by atoms with Gasteiger partial charge in [0.1, 0.15) is 0 Å². The Bertz CT molecular complexity index is 523. The van der Waals surface area contributed by atoms with E-state index in [9.17, 15) is 0 Å². The molecule has 1 aromatic carbocycles. The van der Waals surface area contributed by atoms with Crippen LogP contribution in [0.25, 0.3) is 0 Å². The van der Waals surface area contributed by atoms with Gasteiger partial charge in [0, 0.05) is 24.8 Å². The van der Waals surface area contributed by atoms with E-state index in [0.29, 0.717) is 6.04 Å². The topological polar surface area (TPSA) is 47.7 Å². The molecule has 2 aliphatic heterocycles. The number of benzene rings is 1. The van der Waals surface area contributed by atoms with Crippen LogP contribution in [0, 0.1) is 0 Å². The molecule has 3 rings (SSSR count). The Morgan fingerprint density at radius 2 is 1.68 bits per heavy atom. The second-order valence-electron chi connectivity index (χ2n) is 7.51. The zero-order chi connectivity index (χ0) is 16.0. The average Bonchev–Trinajstić information content (AvgIpc) is 2.68. The monoisotopic (exact) mass is 302 g/mol. The molecule has 120 valence electrons. The van der Waals surface area contributed by atoms with Crippen molar-refractivity contribution in [1.29, 1.82) is 0 Å². The van der Waals surface area contributed by atoms with E-state index in [-0.39, 0.29) is 18.3 Å². The first-order chi connectivity index (χ1) is 10.3. The molecule has 2 N–H and O–H groups in total. The fraction of sp³-hybridized carbons (Fsp3) is 0.647. The minimum absolute atomic E-state index is 0.294. The summed E-state index contributed by atoms with van der Waals surface area (Å²) >= 11 is 0. The molecule has 0 unspecified atom stereocenters. The van der Waals surface area contributed by atoms with Crippen molar-refractivity contribution < 1.29 is 9.31 Å². The number of anilines is 1. The second kappa shape index (κ2) is 5.55. The van der Waals surface area contributed by atoms with Crippen LogP contribution in [-0.4, -0.2) is 37.5 Å². The summed E-state index contributed by atoms with van der Waals surface area (Å²) in [4.78, 5) is 2.40. The Labute approximate surface area is 134 Å². The quantitative estimate of drug-likeness (QED) is 0.848. The number of hydrogen-bond donors (Lipinski definition) is 1. The SMILES string of the molecule is CC1(C)OB(c2cccc(N3CCC(N)CC3)c2)OC1(C)C. The highest BCUT2D eigenvalue weighted by molar-refractivity contribution is 6.62. The van der Waals surface area contributed by atoms with Crippen LogP contribution < -0.4 is 16.1 Å². The van der Waals surface area contributed by atoms with Crippen LogP contribution in [0.15, 0.2) is 24.3 Å². The van der Waals surface area contributed by atoms with Crippen LogP contribution in [0.3, 0.4) is 0 Å². The number of piperidine rings is 1. The Balaban J connectivity index is 1.78. The number of nitrogens with zero attached hydrogens (tertiary/aromatic N) is 1. The van der Waals surface area contributed by atoms with Gasteiger partial charge in [-0.1, -0.05) is 12.1 Å². The third-order valence-electron chi connectivity index (χ3n) is 5.30. The van der Waals surface area contributed by atoms with Gasteiger partial charge >= 0.3 is 7.12 Å².